The number of amides is 2. The summed E-state index contributed by atoms with van der Waals surface area (Å²) in [5, 5.41) is 0. The first kappa shape index (κ1) is 19.5. The first-order valence-electron chi connectivity index (χ1n) is 10.9. The molecular weight excluding hydrogens is 388 g/mol. The monoisotopic (exact) mass is 414 g/mol. The number of piperidine rings is 1. The fraction of sp³-hybridized carbons (Fsp3) is 0.320. The van der Waals surface area contributed by atoms with E-state index in [0.717, 1.165) is 47.4 Å². The Bertz CT molecular complexity index is 1130. The van der Waals surface area contributed by atoms with Gasteiger partial charge in [-0.15, -0.1) is 0 Å². The Morgan fingerprint density at radius 3 is 2.77 bits per heavy atom. The summed E-state index contributed by atoms with van der Waals surface area (Å²) >= 11 is 0. The number of nitrogens with one attached hydrogen (secondary N) is 1. The number of likely N-dealkylation sites (tertiary alicyclic amines) is 1. The van der Waals surface area contributed by atoms with Crippen molar-refractivity contribution >= 4 is 28.9 Å². The van der Waals surface area contributed by atoms with Gasteiger partial charge in [0, 0.05) is 32.1 Å². The number of hydrogen-bond acceptors (Lipinski definition) is 3. The second-order valence-corrected chi connectivity index (χ2v) is 8.41. The highest BCUT2D eigenvalue weighted by Crippen LogP contribution is 2.34. The number of aromatic nitrogens is 2. The van der Waals surface area contributed by atoms with Crippen LogP contribution in [0.15, 0.2) is 54.7 Å². The summed E-state index contributed by atoms with van der Waals surface area (Å²) in [4.78, 5) is 37.4. The van der Waals surface area contributed by atoms with Crippen molar-refractivity contribution in [1.29, 1.82) is 0 Å². The number of carbonyl (C=O) groups excluding carboxylic acids is 2. The smallest absolute Gasteiger partial charge is 0.225 e. The van der Waals surface area contributed by atoms with Crippen LogP contribution in [0.2, 0.25) is 0 Å². The summed E-state index contributed by atoms with van der Waals surface area (Å²) < 4.78 is 0. The molecule has 6 nitrogen and oxygen atoms in total. The maximum Gasteiger partial charge on any atom is 0.225 e. The predicted molar refractivity (Wildman–Crippen MR) is 120 cm³/mol. The third kappa shape index (κ3) is 3.74. The summed E-state index contributed by atoms with van der Waals surface area (Å²) in [6.07, 6.45) is 5.99. The maximum absolute atomic E-state index is 13.3. The van der Waals surface area contributed by atoms with Gasteiger partial charge in [0.05, 0.1) is 23.5 Å². The van der Waals surface area contributed by atoms with Crippen LogP contribution in [-0.2, 0) is 9.59 Å². The van der Waals surface area contributed by atoms with Crippen molar-refractivity contribution in [3.63, 3.8) is 0 Å². The largest absolute Gasteiger partial charge is 0.342 e. The SMILES string of the molecule is CC(=O)N1C=Cc2ccccc2C1CC(=O)N1CCCC(c2nc3ccccc3[nH]2)C1. The lowest BCUT2D eigenvalue weighted by Gasteiger charge is -2.36. The number of H-pyrrole nitrogens is 1. The molecular formula is C25H26N4O2. The fourth-order valence-electron chi connectivity index (χ4n) is 4.80. The van der Waals surface area contributed by atoms with Gasteiger partial charge in [-0.2, -0.15) is 0 Å². The number of rotatable bonds is 3. The van der Waals surface area contributed by atoms with Crippen LogP contribution in [0.3, 0.4) is 0 Å². The quantitative estimate of drug-likeness (QED) is 0.697. The molecule has 2 unspecified atom stereocenters. The summed E-state index contributed by atoms with van der Waals surface area (Å²) in [7, 11) is 0. The van der Waals surface area contributed by atoms with Crippen LogP contribution < -0.4 is 0 Å². The zero-order valence-corrected chi connectivity index (χ0v) is 17.6. The second-order valence-electron chi connectivity index (χ2n) is 8.41. The average Bonchev–Trinajstić information content (AvgIpc) is 3.23. The standard InChI is InChI=1S/C25H26N4O2/c1-17(30)29-14-12-18-7-2-3-9-20(18)23(29)15-24(31)28-13-6-8-19(16-28)25-26-21-10-4-5-11-22(21)27-25/h2-5,7,9-12,14,19,23H,6,8,13,15-16H2,1H3,(H,26,27). The third-order valence-electron chi connectivity index (χ3n) is 6.41. The number of hydrogen-bond donors (Lipinski definition) is 1. The molecule has 1 fully saturated rings. The lowest BCUT2D eigenvalue weighted by atomic mass is 9.92. The van der Waals surface area contributed by atoms with Gasteiger partial charge in [-0.3, -0.25) is 9.59 Å². The minimum atomic E-state index is -0.266. The molecule has 1 aromatic heterocycles. The van der Waals surface area contributed by atoms with Gasteiger partial charge >= 0.3 is 0 Å². The van der Waals surface area contributed by atoms with E-state index in [1.807, 2.05) is 59.5 Å². The minimum Gasteiger partial charge on any atom is -0.342 e. The van der Waals surface area contributed by atoms with Crippen LogP contribution in [0, 0.1) is 0 Å². The molecule has 1 saturated heterocycles. The lowest BCUT2D eigenvalue weighted by molar-refractivity contribution is -0.135. The van der Waals surface area contributed by atoms with Crippen molar-refractivity contribution in [1.82, 2.24) is 19.8 Å². The van der Waals surface area contributed by atoms with E-state index >= 15 is 0 Å². The molecule has 2 atom stereocenters. The first-order chi connectivity index (χ1) is 15.1. The number of benzene rings is 2. The normalized spacial score (nSPS) is 20.7. The van der Waals surface area contributed by atoms with Crippen molar-refractivity contribution in [3.05, 3.63) is 71.7 Å². The van der Waals surface area contributed by atoms with E-state index in [0.29, 0.717) is 6.54 Å². The number of carbonyl (C=O) groups is 2. The van der Waals surface area contributed by atoms with Gasteiger partial charge in [-0.05, 0) is 42.2 Å². The Morgan fingerprint density at radius 1 is 1.13 bits per heavy atom. The fourth-order valence-corrected chi connectivity index (χ4v) is 4.80. The van der Waals surface area contributed by atoms with E-state index in [-0.39, 0.29) is 30.2 Å². The number of para-hydroxylation sites is 2. The average molecular weight is 415 g/mol. The molecule has 2 aliphatic heterocycles. The Hall–Kier alpha value is -3.41. The molecule has 2 amide bonds. The Kier molecular flexibility index (Phi) is 5.06. The first-order valence-corrected chi connectivity index (χ1v) is 10.9. The number of fused-ring (bicyclic) bond motifs is 2. The van der Waals surface area contributed by atoms with Gasteiger partial charge in [0.1, 0.15) is 5.82 Å². The summed E-state index contributed by atoms with van der Waals surface area (Å²) in [5.41, 5.74) is 4.09. The molecule has 158 valence electrons. The molecule has 6 heteroatoms. The molecule has 0 radical (unpaired) electrons. The van der Waals surface area contributed by atoms with Crippen molar-refractivity contribution in [2.75, 3.05) is 13.1 Å². The molecule has 31 heavy (non-hydrogen) atoms. The van der Waals surface area contributed by atoms with E-state index in [9.17, 15) is 9.59 Å². The van der Waals surface area contributed by atoms with Crippen LogP contribution in [0.5, 0.6) is 0 Å². The van der Waals surface area contributed by atoms with E-state index in [2.05, 4.69) is 4.98 Å². The van der Waals surface area contributed by atoms with Crippen molar-refractivity contribution in [3.8, 4) is 0 Å². The molecule has 0 bridgehead atoms. The lowest BCUT2D eigenvalue weighted by Crippen LogP contribution is -2.42. The molecule has 0 saturated carbocycles. The maximum atomic E-state index is 13.3. The van der Waals surface area contributed by atoms with Crippen LogP contribution in [0.4, 0.5) is 0 Å². The van der Waals surface area contributed by atoms with Crippen molar-refractivity contribution in [2.45, 2.75) is 38.1 Å². The molecule has 5 rings (SSSR count). The highest BCUT2D eigenvalue weighted by Gasteiger charge is 2.32. The van der Waals surface area contributed by atoms with Gasteiger partial charge in [-0.1, -0.05) is 36.4 Å². The topological polar surface area (TPSA) is 69.3 Å². The second kappa shape index (κ2) is 8.02. The zero-order chi connectivity index (χ0) is 21.4. The van der Waals surface area contributed by atoms with Gasteiger partial charge in [-0.25, -0.2) is 4.98 Å². The molecule has 1 N–H and O–H groups in total. The van der Waals surface area contributed by atoms with Crippen LogP contribution in [0.1, 0.15) is 55.1 Å². The van der Waals surface area contributed by atoms with Crippen molar-refractivity contribution in [2.24, 2.45) is 0 Å². The Labute approximate surface area is 181 Å². The highest BCUT2D eigenvalue weighted by atomic mass is 16.2. The molecule has 3 aromatic rings. The van der Waals surface area contributed by atoms with E-state index in [4.69, 9.17) is 4.98 Å². The molecule has 3 heterocycles. The van der Waals surface area contributed by atoms with Crippen LogP contribution >= 0.6 is 0 Å². The predicted octanol–water partition coefficient (Wildman–Crippen LogP) is 4.23. The summed E-state index contributed by atoms with van der Waals surface area (Å²) in [6.45, 7) is 2.96. The highest BCUT2D eigenvalue weighted by molar-refractivity contribution is 5.82. The molecule has 2 aliphatic rings. The number of imidazole rings is 1. The number of nitrogens with zero attached hydrogens (tertiary/aromatic N) is 3. The van der Waals surface area contributed by atoms with Gasteiger partial charge in [0.25, 0.3) is 0 Å². The zero-order valence-electron chi connectivity index (χ0n) is 17.6. The summed E-state index contributed by atoms with van der Waals surface area (Å²) in [6, 6.07) is 15.7. The van der Waals surface area contributed by atoms with Gasteiger partial charge in [0.15, 0.2) is 0 Å². The Morgan fingerprint density at radius 2 is 1.94 bits per heavy atom. The molecule has 0 spiro atoms. The number of aromatic amines is 1. The van der Waals surface area contributed by atoms with Crippen molar-refractivity contribution < 1.29 is 9.59 Å². The van der Waals surface area contributed by atoms with Crippen LogP contribution in [-0.4, -0.2) is 44.7 Å². The molecule has 0 aliphatic carbocycles. The Balaban J connectivity index is 1.34. The van der Waals surface area contributed by atoms with E-state index < -0.39 is 0 Å². The van der Waals surface area contributed by atoms with E-state index in [1.54, 1.807) is 18.0 Å². The van der Waals surface area contributed by atoms with Crippen LogP contribution in [0.25, 0.3) is 17.1 Å². The van der Waals surface area contributed by atoms with Gasteiger partial charge in [0.2, 0.25) is 11.8 Å². The summed E-state index contributed by atoms with van der Waals surface area (Å²) in [5.74, 6) is 1.19. The minimum absolute atomic E-state index is 0.0534. The molecule has 2 aromatic carbocycles. The third-order valence-corrected chi connectivity index (χ3v) is 6.41. The van der Waals surface area contributed by atoms with Gasteiger partial charge < -0.3 is 14.8 Å². The van der Waals surface area contributed by atoms with E-state index in [1.165, 1.54) is 0 Å².